The number of hydrazone groups is 1. The third kappa shape index (κ3) is 13.1. The fourth-order valence-electron chi connectivity index (χ4n) is 3.56. The molecule has 0 aromatic heterocycles. The SMILES string of the molecule is CCCCCCCCCCCC(=O)NCC(=O)N/N=C/c1cc(Br)ccc1OCc1ccccc1. The zero-order chi connectivity index (χ0) is 25.1. The third-order valence-corrected chi connectivity index (χ3v) is 6.05. The normalized spacial score (nSPS) is 10.9. The van der Waals surface area contributed by atoms with Crippen molar-refractivity contribution in [3.8, 4) is 5.75 Å². The van der Waals surface area contributed by atoms with Crippen molar-refractivity contribution in [2.75, 3.05) is 6.54 Å². The van der Waals surface area contributed by atoms with Crippen molar-refractivity contribution in [3.05, 3.63) is 64.1 Å². The number of carbonyl (C=O) groups is 2. The molecular weight excluding hydrogens is 506 g/mol. The summed E-state index contributed by atoms with van der Waals surface area (Å²) >= 11 is 3.45. The second-order valence-corrected chi connectivity index (χ2v) is 9.52. The molecule has 2 N–H and O–H groups in total. The zero-order valence-electron chi connectivity index (χ0n) is 20.7. The summed E-state index contributed by atoms with van der Waals surface area (Å²) in [6.45, 7) is 2.56. The van der Waals surface area contributed by atoms with Crippen LogP contribution in [0.4, 0.5) is 0 Å². The van der Waals surface area contributed by atoms with Gasteiger partial charge in [-0.2, -0.15) is 5.10 Å². The zero-order valence-corrected chi connectivity index (χ0v) is 22.3. The molecule has 0 radical (unpaired) electrons. The van der Waals surface area contributed by atoms with E-state index < -0.39 is 0 Å². The summed E-state index contributed by atoms with van der Waals surface area (Å²) in [5, 5.41) is 6.68. The Kier molecular flexibility index (Phi) is 14.5. The molecular formula is C28H38BrN3O3. The van der Waals surface area contributed by atoms with E-state index in [-0.39, 0.29) is 18.4 Å². The number of amides is 2. The molecule has 2 rings (SSSR count). The number of hydrogen-bond acceptors (Lipinski definition) is 4. The highest BCUT2D eigenvalue weighted by molar-refractivity contribution is 9.10. The minimum Gasteiger partial charge on any atom is -0.488 e. The van der Waals surface area contributed by atoms with Gasteiger partial charge in [0.1, 0.15) is 12.4 Å². The predicted octanol–water partition coefficient (Wildman–Crippen LogP) is 6.52. The molecule has 190 valence electrons. The molecule has 35 heavy (non-hydrogen) atoms. The first-order valence-electron chi connectivity index (χ1n) is 12.6. The molecule has 0 spiro atoms. The van der Waals surface area contributed by atoms with Gasteiger partial charge in [0.15, 0.2) is 0 Å². The second kappa shape index (κ2) is 17.7. The molecule has 0 fully saturated rings. The van der Waals surface area contributed by atoms with Gasteiger partial charge in [-0.15, -0.1) is 0 Å². The van der Waals surface area contributed by atoms with Crippen LogP contribution in [0.1, 0.15) is 82.3 Å². The molecule has 0 saturated heterocycles. The highest BCUT2D eigenvalue weighted by Crippen LogP contribution is 2.22. The molecule has 0 heterocycles. The van der Waals surface area contributed by atoms with E-state index in [0.717, 1.165) is 28.4 Å². The summed E-state index contributed by atoms with van der Waals surface area (Å²) in [6, 6.07) is 15.5. The van der Waals surface area contributed by atoms with Gasteiger partial charge in [0.2, 0.25) is 5.91 Å². The van der Waals surface area contributed by atoms with Gasteiger partial charge in [-0.1, -0.05) is 105 Å². The topological polar surface area (TPSA) is 79.8 Å². The van der Waals surface area contributed by atoms with Crippen molar-refractivity contribution in [1.29, 1.82) is 0 Å². The van der Waals surface area contributed by atoms with Crippen LogP contribution in [0.5, 0.6) is 5.75 Å². The maximum atomic E-state index is 12.0. The van der Waals surface area contributed by atoms with Crippen LogP contribution < -0.4 is 15.5 Å². The Hall–Kier alpha value is -2.67. The largest absolute Gasteiger partial charge is 0.488 e. The maximum absolute atomic E-state index is 12.0. The van der Waals surface area contributed by atoms with Crippen molar-refractivity contribution in [3.63, 3.8) is 0 Å². The molecule has 0 aliphatic carbocycles. The molecule has 0 saturated carbocycles. The first-order valence-corrected chi connectivity index (χ1v) is 13.4. The van der Waals surface area contributed by atoms with Crippen LogP contribution in [0.25, 0.3) is 0 Å². The van der Waals surface area contributed by atoms with Gasteiger partial charge in [-0.05, 0) is 30.2 Å². The first-order chi connectivity index (χ1) is 17.1. The highest BCUT2D eigenvalue weighted by Gasteiger charge is 2.06. The summed E-state index contributed by atoms with van der Waals surface area (Å²) in [5.74, 6) is 0.184. The molecule has 0 aliphatic rings. The first kappa shape index (κ1) is 28.6. The van der Waals surface area contributed by atoms with Gasteiger partial charge in [-0.3, -0.25) is 9.59 Å². The van der Waals surface area contributed by atoms with Crippen LogP contribution in [0, 0.1) is 0 Å². The number of nitrogens with one attached hydrogen (secondary N) is 2. The molecule has 2 amide bonds. The number of hydrogen-bond donors (Lipinski definition) is 2. The quantitative estimate of drug-likeness (QED) is 0.135. The van der Waals surface area contributed by atoms with E-state index in [9.17, 15) is 9.59 Å². The maximum Gasteiger partial charge on any atom is 0.259 e. The number of rotatable bonds is 17. The van der Waals surface area contributed by atoms with Gasteiger partial charge >= 0.3 is 0 Å². The smallest absolute Gasteiger partial charge is 0.259 e. The van der Waals surface area contributed by atoms with Gasteiger partial charge in [0, 0.05) is 16.5 Å². The van der Waals surface area contributed by atoms with Crippen molar-refractivity contribution in [2.45, 2.75) is 77.7 Å². The number of ether oxygens (including phenoxy) is 1. The third-order valence-electron chi connectivity index (χ3n) is 5.56. The van der Waals surface area contributed by atoms with Crippen LogP contribution in [-0.2, 0) is 16.2 Å². The lowest BCUT2D eigenvalue weighted by Crippen LogP contribution is -2.34. The van der Waals surface area contributed by atoms with Crippen molar-refractivity contribution in [1.82, 2.24) is 10.7 Å². The average molecular weight is 545 g/mol. The van der Waals surface area contributed by atoms with Crippen molar-refractivity contribution in [2.24, 2.45) is 5.10 Å². The number of halogens is 1. The molecule has 0 aliphatic heterocycles. The monoisotopic (exact) mass is 543 g/mol. The van der Waals surface area contributed by atoms with Crippen LogP contribution in [0.15, 0.2) is 58.1 Å². The highest BCUT2D eigenvalue weighted by atomic mass is 79.9. The van der Waals surface area contributed by atoms with Crippen LogP contribution in [-0.4, -0.2) is 24.6 Å². The van der Waals surface area contributed by atoms with E-state index in [1.807, 2.05) is 48.5 Å². The number of carbonyl (C=O) groups excluding carboxylic acids is 2. The lowest BCUT2D eigenvalue weighted by Gasteiger charge is -2.10. The Labute approximate surface area is 218 Å². The summed E-state index contributed by atoms with van der Waals surface area (Å²) < 4.78 is 6.79. The minimum atomic E-state index is -0.372. The average Bonchev–Trinajstić information content (AvgIpc) is 2.86. The van der Waals surface area contributed by atoms with Crippen molar-refractivity contribution >= 4 is 34.0 Å². The van der Waals surface area contributed by atoms with E-state index >= 15 is 0 Å². The van der Waals surface area contributed by atoms with E-state index in [0.29, 0.717) is 18.8 Å². The molecule has 7 heteroatoms. The number of unbranched alkanes of at least 4 members (excludes halogenated alkanes) is 8. The molecule has 2 aromatic rings. The van der Waals surface area contributed by atoms with Gasteiger partial charge in [-0.25, -0.2) is 5.43 Å². The molecule has 0 unspecified atom stereocenters. The van der Waals surface area contributed by atoms with Gasteiger partial charge in [0.05, 0.1) is 12.8 Å². The Balaban J connectivity index is 1.64. The Morgan fingerprint density at radius 1 is 0.914 bits per heavy atom. The second-order valence-electron chi connectivity index (χ2n) is 8.60. The Morgan fingerprint density at radius 2 is 1.60 bits per heavy atom. The minimum absolute atomic E-state index is 0.0938. The predicted molar refractivity (Wildman–Crippen MR) is 146 cm³/mol. The standard InChI is InChI=1S/C28H38BrN3O3/c1-2-3-4-5-6-7-8-9-13-16-27(33)30-21-28(34)32-31-20-24-19-25(29)17-18-26(24)35-22-23-14-11-10-12-15-23/h10-12,14-15,17-20H,2-9,13,16,21-22H2,1H3,(H,30,33)(H,32,34)/b31-20+. The van der Waals surface area contributed by atoms with E-state index in [2.05, 4.69) is 38.7 Å². The van der Waals surface area contributed by atoms with E-state index in [1.54, 1.807) is 0 Å². The van der Waals surface area contributed by atoms with Gasteiger partial charge in [0.25, 0.3) is 5.91 Å². The Bertz CT molecular complexity index is 919. The Morgan fingerprint density at radius 3 is 2.31 bits per heavy atom. The van der Waals surface area contributed by atoms with Crippen LogP contribution >= 0.6 is 15.9 Å². The summed E-state index contributed by atoms with van der Waals surface area (Å²) in [4.78, 5) is 24.0. The summed E-state index contributed by atoms with van der Waals surface area (Å²) in [7, 11) is 0. The fourth-order valence-corrected chi connectivity index (χ4v) is 3.94. The van der Waals surface area contributed by atoms with Crippen LogP contribution in [0.3, 0.4) is 0 Å². The summed E-state index contributed by atoms with van der Waals surface area (Å²) in [6.07, 6.45) is 12.8. The number of nitrogens with zero attached hydrogens (tertiary/aromatic N) is 1. The molecule has 6 nitrogen and oxygen atoms in total. The molecule has 2 aromatic carbocycles. The summed E-state index contributed by atoms with van der Waals surface area (Å²) in [5.41, 5.74) is 4.24. The number of benzene rings is 2. The lowest BCUT2D eigenvalue weighted by atomic mass is 10.1. The van der Waals surface area contributed by atoms with Gasteiger partial charge < -0.3 is 10.1 Å². The van der Waals surface area contributed by atoms with E-state index in [4.69, 9.17) is 4.74 Å². The van der Waals surface area contributed by atoms with Crippen LogP contribution in [0.2, 0.25) is 0 Å². The molecule has 0 atom stereocenters. The van der Waals surface area contributed by atoms with E-state index in [1.165, 1.54) is 51.2 Å². The molecule has 0 bridgehead atoms. The van der Waals surface area contributed by atoms with Crippen molar-refractivity contribution < 1.29 is 14.3 Å². The fraction of sp³-hybridized carbons (Fsp3) is 0.464. The lowest BCUT2D eigenvalue weighted by molar-refractivity contribution is -0.126.